The molecule has 20 heavy (non-hydrogen) atoms. The van der Waals surface area contributed by atoms with Gasteiger partial charge in [0.05, 0.1) is 18.8 Å². The van der Waals surface area contributed by atoms with Crippen LogP contribution in [-0.4, -0.2) is 5.84 Å². The van der Waals surface area contributed by atoms with E-state index in [4.69, 9.17) is 15.9 Å². The Bertz CT molecular complexity index is 629. The van der Waals surface area contributed by atoms with Gasteiger partial charge >= 0.3 is 0 Å². The maximum atomic E-state index is 14.0. The SMILES string of the molecule is N=C(N)c1cccc(COCc2ccccc2F)c1F. The van der Waals surface area contributed by atoms with Crippen LogP contribution in [0.5, 0.6) is 0 Å². The summed E-state index contributed by atoms with van der Waals surface area (Å²) in [5.41, 5.74) is 6.01. The number of benzene rings is 2. The molecule has 0 aromatic heterocycles. The maximum Gasteiger partial charge on any atom is 0.139 e. The van der Waals surface area contributed by atoms with Gasteiger partial charge in [0.2, 0.25) is 0 Å². The molecule has 0 saturated carbocycles. The van der Waals surface area contributed by atoms with E-state index in [1.165, 1.54) is 12.1 Å². The molecule has 0 radical (unpaired) electrons. The Hall–Kier alpha value is -2.27. The molecule has 104 valence electrons. The summed E-state index contributed by atoms with van der Waals surface area (Å²) in [6.45, 7) is 0.0394. The first-order valence-electron chi connectivity index (χ1n) is 6.02. The average molecular weight is 276 g/mol. The maximum absolute atomic E-state index is 14.0. The Morgan fingerprint density at radius 1 is 1.00 bits per heavy atom. The lowest BCUT2D eigenvalue weighted by Crippen LogP contribution is -2.14. The third kappa shape index (κ3) is 3.19. The van der Waals surface area contributed by atoms with Gasteiger partial charge in [-0.1, -0.05) is 30.3 Å². The van der Waals surface area contributed by atoms with E-state index in [2.05, 4.69) is 0 Å². The summed E-state index contributed by atoms with van der Waals surface area (Å²) in [6.07, 6.45) is 0. The topological polar surface area (TPSA) is 59.1 Å². The molecule has 0 bridgehead atoms. The van der Waals surface area contributed by atoms with Crippen LogP contribution in [0.3, 0.4) is 0 Å². The molecule has 3 N–H and O–H groups in total. The highest BCUT2D eigenvalue weighted by molar-refractivity contribution is 5.95. The molecule has 0 unspecified atom stereocenters. The van der Waals surface area contributed by atoms with Gasteiger partial charge in [-0.05, 0) is 12.1 Å². The fourth-order valence-corrected chi connectivity index (χ4v) is 1.79. The lowest BCUT2D eigenvalue weighted by molar-refractivity contribution is 0.102. The highest BCUT2D eigenvalue weighted by Crippen LogP contribution is 2.15. The minimum atomic E-state index is -0.575. The second kappa shape index (κ2) is 6.25. The molecule has 2 aromatic carbocycles. The number of nitrogen functional groups attached to an aromatic ring is 1. The predicted molar refractivity (Wildman–Crippen MR) is 72.3 cm³/mol. The molecule has 0 aliphatic heterocycles. The number of ether oxygens (including phenoxy) is 1. The zero-order valence-electron chi connectivity index (χ0n) is 10.7. The largest absolute Gasteiger partial charge is 0.384 e. The molecule has 3 nitrogen and oxygen atoms in total. The van der Waals surface area contributed by atoms with Crippen LogP contribution in [0, 0.1) is 17.0 Å². The highest BCUT2D eigenvalue weighted by Gasteiger charge is 2.10. The van der Waals surface area contributed by atoms with Gasteiger partial charge in [-0.15, -0.1) is 0 Å². The van der Waals surface area contributed by atoms with Crippen LogP contribution in [-0.2, 0) is 18.0 Å². The summed E-state index contributed by atoms with van der Waals surface area (Å²) in [5.74, 6) is -1.27. The van der Waals surface area contributed by atoms with Crippen molar-refractivity contribution in [1.29, 1.82) is 5.41 Å². The fraction of sp³-hybridized carbons (Fsp3) is 0.133. The van der Waals surface area contributed by atoms with Crippen molar-refractivity contribution >= 4 is 5.84 Å². The van der Waals surface area contributed by atoms with Gasteiger partial charge in [0.25, 0.3) is 0 Å². The normalized spacial score (nSPS) is 10.5. The van der Waals surface area contributed by atoms with Crippen molar-refractivity contribution in [2.45, 2.75) is 13.2 Å². The Labute approximate surface area is 115 Å². The molecular weight excluding hydrogens is 262 g/mol. The van der Waals surface area contributed by atoms with E-state index in [1.54, 1.807) is 30.3 Å². The molecule has 0 aliphatic rings. The summed E-state index contributed by atoms with van der Waals surface area (Å²) in [7, 11) is 0. The van der Waals surface area contributed by atoms with Gasteiger partial charge in [0.15, 0.2) is 0 Å². The number of amidine groups is 1. The first kappa shape index (κ1) is 14.1. The molecule has 0 spiro atoms. The van der Waals surface area contributed by atoms with Crippen molar-refractivity contribution in [1.82, 2.24) is 0 Å². The summed E-state index contributed by atoms with van der Waals surface area (Å²) in [5, 5.41) is 7.26. The van der Waals surface area contributed by atoms with Crippen molar-refractivity contribution in [3.05, 3.63) is 70.8 Å². The Morgan fingerprint density at radius 2 is 1.65 bits per heavy atom. The van der Waals surface area contributed by atoms with Crippen LogP contribution in [0.1, 0.15) is 16.7 Å². The standard InChI is InChI=1S/C15H14F2N2O/c16-13-7-2-1-4-10(13)8-20-9-11-5-3-6-12(14(11)17)15(18)19/h1-7H,8-9H2,(H3,18,19). The molecule has 0 aliphatic carbocycles. The van der Waals surface area contributed by atoms with Crippen molar-refractivity contribution in [2.24, 2.45) is 5.73 Å². The predicted octanol–water partition coefficient (Wildman–Crippen LogP) is 2.97. The quantitative estimate of drug-likeness (QED) is 0.651. The number of hydrogen-bond acceptors (Lipinski definition) is 2. The number of halogens is 2. The molecule has 2 rings (SSSR count). The van der Waals surface area contributed by atoms with Crippen LogP contribution in [0.15, 0.2) is 42.5 Å². The van der Waals surface area contributed by atoms with E-state index in [-0.39, 0.29) is 36.0 Å². The van der Waals surface area contributed by atoms with Crippen LogP contribution in [0.25, 0.3) is 0 Å². The van der Waals surface area contributed by atoms with Gasteiger partial charge in [-0.2, -0.15) is 0 Å². The molecule has 2 aromatic rings. The molecule has 0 amide bonds. The van der Waals surface area contributed by atoms with Crippen LogP contribution in [0.4, 0.5) is 8.78 Å². The van der Waals surface area contributed by atoms with Crippen LogP contribution in [0.2, 0.25) is 0 Å². The van der Waals surface area contributed by atoms with Gasteiger partial charge in [0.1, 0.15) is 17.5 Å². The van der Waals surface area contributed by atoms with Crippen LogP contribution < -0.4 is 5.73 Å². The van der Waals surface area contributed by atoms with Gasteiger partial charge in [-0.25, -0.2) is 8.78 Å². The molecule has 0 heterocycles. The van der Waals surface area contributed by atoms with Crippen molar-refractivity contribution < 1.29 is 13.5 Å². The van der Waals surface area contributed by atoms with Crippen LogP contribution >= 0.6 is 0 Å². The molecule has 5 heteroatoms. The Balaban J connectivity index is 2.03. The molecule has 0 fully saturated rings. The third-order valence-electron chi connectivity index (χ3n) is 2.84. The van der Waals surface area contributed by atoms with E-state index in [0.29, 0.717) is 5.56 Å². The highest BCUT2D eigenvalue weighted by atomic mass is 19.1. The zero-order chi connectivity index (χ0) is 14.5. The minimum Gasteiger partial charge on any atom is -0.384 e. The second-order valence-electron chi connectivity index (χ2n) is 4.28. The first-order valence-corrected chi connectivity index (χ1v) is 6.02. The van der Waals surface area contributed by atoms with E-state index < -0.39 is 5.82 Å². The number of nitrogens with one attached hydrogen (secondary N) is 1. The third-order valence-corrected chi connectivity index (χ3v) is 2.84. The lowest BCUT2D eigenvalue weighted by Gasteiger charge is -2.08. The van der Waals surface area contributed by atoms with E-state index in [0.717, 1.165) is 0 Å². The lowest BCUT2D eigenvalue weighted by atomic mass is 10.1. The van der Waals surface area contributed by atoms with Gasteiger partial charge in [-0.3, -0.25) is 5.41 Å². The van der Waals surface area contributed by atoms with Gasteiger partial charge in [0, 0.05) is 11.1 Å². The molecular formula is C15H14F2N2O. The number of nitrogens with two attached hydrogens (primary N) is 1. The minimum absolute atomic E-state index is 0.0126. The van der Waals surface area contributed by atoms with Gasteiger partial charge < -0.3 is 10.5 Å². The summed E-state index contributed by atoms with van der Waals surface area (Å²) >= 11 is 0. The average Bonchev–Trinajstić information content (AvgIpc) is 2.42. The summed E-state index contributed by atoms with van der Waals surface area (Å²) < 4.78 is 32.6. The monoisotopic (exact) mass is 276 g/mol. The van der Waals surface area contributed by atoms with E-state index in [9.17, 15) is 8.78 Å². The number of rotatable bonds is 5. The van der Waals surface area contributed by atoms with E-state index >= 15 is 0 Å². The smallest absolute Gasteiger partial charge is 0.139 e. The van der Waals surface area contributed by atoms with Crippen molar-refractivity contribution in [3.63, 3.8) is 0 Å². The van der Waals surface area contributed by atoms with Crippen molar-refractivity contribution in [2.75, 3.05) is 0 Å². The Kier molecular flexibility index (Phi) is 4.42. The second-order valence-corrected chi connectivity index (χ2v) is 4.28. The molecule has 0 saturated heterocycles. The first-order chi connectivity index (χ1) is 9.59. The number of hydrogen-bond donors (Lipinski definition) is 2. The van der Waals surface area contributed by atoms with Crippen molar-refractivity contribution in [3.8, 4) is 0 Å². The zero-order valence-corrected chi connectivity index (χ0v) is 10.7. The summed E-state index contributed by atoms with van der Waals surface area (Å²) in [6, 6.07) is 10.8. The molecule has 0 atom stereocenters. The Morgan fingerprint density at radius 3 is 2.35 bits per heavy atom. The van der Waals surface area contributed by atoms with E-state index in [1.807, 2.05) is 0 Å². The fourth-order valence-electron chi connectivity index (χ4n) is 1.79. The summed E-state index contributed by atoms with van der Waals surface area (Å²) in [4.78, 5) is 0.